The molecule has 1 aromatic heterocycles. The van der Waals surface area contributed by atoms with E-state index in [0.717, 1.165) is 6.54 Å². The summed E-state index contributed by atoms with van der Waals surface area (Å²) in [5.41, 5.74) is 0.148. The third kappa shape index (κ3) is 2.64. The van der Waals surface area contributed by atoms with Crippen LogP contribution in [0.4, 0.5) is 5.69 Å². The van der Waals surface area contributed by atoms with Crippen LogP contribution in [0, 0.1) is 0 Å². The van der Waals surface area contributed by atoms with Crippen molar-refractivity contribution in [1.82, 2.24) is 20.0 Å². The van der Waals surface area contributed by atoms with E-state index < -0.39 is 0 Å². The van der Waals surface area contributed by atoms with Gasteiger partial charge < -0.3 is 15.1 Å². The van der Waals surface area contributed by atoms with E-state index in [9.17, 15) is 9.59 Å². The first kappa shape index (κ1) is 14.8. The maximum absolute atomic E-state index is 12.2. The third-order valence-corrected chi connectivity index (χ3v) is 3.69. The molecule has 8 heteroatoms. The number of nitrogens with one attached hydrogen (secondary N) is 1. The summed E-state index contributed by atoms with van der Waals surface area (Å²) < 4.78 is 1.18. The van der Waals surface area contributed by atoms with Crippen LogP contribution in [-0.4, -0.2) is 60.4 Å². The van der Waals surface area contributed by atoms with Crippen LogP contribution in [0.5, 0.6) is 0 Å². The first-order valence-corrected chi connectivity index (χ1v) is 6.71. The Balaban J connectivity index is 2.41. The molecule has 0 spiro atoms. The molecule has 0 radical (unpaired) electrons. The number of hydrogen-bond donors (Lipinski definition) is 1. The molecule has 1 saturated heterocycles. The predicted molar refractivity (Wildman–Crippen MR) is 77.2 cm³/mol. The van der Waals surface area contributed by atoms with E-state index in [-0.39, 0.29) is 22.5 Å². The Morgan fingerprint density at radius 2 is 2.25 bits per heavy atom. The van der Waals surface area contributed by atoms with E-state index in [4.69, 9.17) is 11.6 Å². The van der Waals surface area contributed by atoms with Crippen molar-refractivity contribution in [2.45, 2.75) is 6.04 Å². The molecule has 1 unspecified atom stereocenters. The lowest BCUT2D eigenvalue weighted by atomic mass is 10.1. The molecule has 0 aromatic carbocycles. The highest BCUT2D eigenvalue weighted by molar-refractivity contribution is 6.33. The number of hydrogen-bond acceptors (Lipinski definition) is 5. The van der Waals surface area contributed by atoms with Crippen LogP contribution in [0.3, 0.4) is 0 Å². The first-order valence-electron chi connectivity index (χ1n) is 6.34. The molecule has 1 N–H and O–H groups in total. The summed E-state index contributed by atoms with van der Waals surface area (Å²) in [7, 11) is 4.95. The fourth-order valence-corrected chi connectivity index (χ4v) is 2.49. The van der Waals surface area contributed by atoms with Gasteiger partial charge in [-0.05, 0) is 0 Å². The van der Waals surface area contributed by atoms with Crippen molar-refractivity contribution in [2.75, 3.05) is 38.6 Å². The second kappa shape index (κ2) is 5.80. The van der Waals surface area contributed by atoms with Crippen LogP contribution >= 0.6 is 11.6 Å². The smallest absolute Gasteiger partial charge is 0.287 e. The second-order valence-electron chi connectivity index (χ2n) is 4.92. The number of nitrogens with zero attached hydrogens (tertiary/aromatic N) is 4. The third-order valence-electron chi connectivity index (χ3n) is 3.34. The van der Waals surface area contributed by atoms with Crippen LogP contribution < -0.4 is 15.8 Å². The van der Waals surface area contributed by atoms with Crippen LogP contribution in [0.15, 0.2) is 11.0 Å². The fraction of sp³-hybridized carbons (Fsp3) is 0.583. The molecule has 1 aliphatic rings. The average molecular weight is 300 g/mol. The Morgan fingerprint density at radius 1 is 1.55 bits per heavy atom. The highest BCUT2D eigenvalue weighted by Gasteiger charge is 2.31. The maximum Gasteiger partial charge on any atom is 0.287 e. The standard InChI is InChI=1S/C12H18ClN5O2/c1-16(2)11(19)9-6-14-4-5-18(9)8-7-15-17(3)12(20)10(8)13/h7,9,14H,4-6H2,1-3H3. The summed E-state index contributed by atoms with van der Waals surface area (Å²) in [6, 6.07) is -0.384. The van der Waals surface area contributed by atoms with Gasteiger partial charge in [-0.25, -0.2) is 4.68 Å². The molecular formula is C12H18ClN5O2. The predicted octanol–water partition coefficient (Wildman–Crippen LogP) is -0.700. The molecule has 110 valence electrons. The molecule has 0 bridgehead atoms. The van der Waals surface area contributed by atoms with Crippen molar-refractivity contribution in [3.05, 3.63) is 21.6 Å². The van der Waals surface area contributed by atoms with Crippen LogP contribution in [0.2, 0.25) is 5.02 Å². The normalized spacial score (nSPS) is 19.0. The Morgan fingerprint density at radius 3 is 2.90 bits per heavy atom. The van der Waals surface area contributed by atoms with Gasteiger partial charge in [-0.15, -0.1) is 0 Å². The number of aromatic nitrogens is 2. The van der Waals surface area contributed by atoms with E-state index in [2.05, 4.69) is 10.4 Å². The summed E-state index contributed by atoms with van der Waals surface area (Å²) in [4.78, 5) is 27.5. The van der Waals surface area contributed by atoms with Gasteiger partial charge in [-0.2, -0.15) is 5.10 Å². The topological polar surface area (TPSA) is 70.5 Å². The number of likely N-dealkylation sites (N-methyl/N-ethyl adjacent to an activating group) is 1. The van der Waals surface area contributed by atoms with Crippen molar-refractivity contribution >= 4 is 23.2 Å². The molecule has 1 fully saturated rings. The SMILES string of the molecule is CN(C)C(=O)C1CNCCN1c1cnn(C)c(=O)c1Cl. The molecule has 0 aliphatic carbocycles. The zero-order valence-corrected chi connectivity index (χ0v) is 12.5. The molecular weight excluding hydrogens is 282 g/mol. The number of rotatable bonds is 2. The zero-order chi connectivity index (χ0) is 14.9. The molecule has 0 saturated carbocycles. The summed E-state index contributed by atoms with van der Waals surface area (Å²) in [6.45, 7) is 1.84. The number of amides is 1. The second-order valence-corrected chi connectivity index (χ2v) is 5.30. The number of halogens is 1. The van der Waals surface area contributed by atoms with E-state index >= 15 is 0 Å². The van der Waals surface area contributed by atoms with Gasteiger partial charge in [0.1, 0.15) is 11.1 Å². The minimum Gasteiger partial charge on any atom is -0.355 e. The van der Waals surface area contributed by atoms with Crippen molar-refractivity contribution in [3.63, 3.8) is 0 Å². The Labute approximate surface area is 122 Å². The van der Waals surface area contributed by atoms with E-state index in [1.807, 2.05) is 4.90 Å². The summed E-state index contributed by atoms with van der Waals surface area (Å²) in [5, 5.41) is 7.26. The van der Waals surface area contributed by atoms with Gasteiger partial charge in [0.15, 0.2) is 0 Å². The number of anilines is 1. The quantitative estimate of drug-likeness (QED) is 0.782. The highest BCUT2D eigenvalue weighted by atomic mass is 35.5. The minimum absolute atomic E-state index is 0.0334. The van der Waals surface area contributed by atoms with Crippen LogP contribution in [-0.2, 0) is 11.8 Å². The van der Waals surface area contributed by atoms with Crippen molar-refractivity contribution < 1.29 is 4.79 Å². The summed E-state index contributed by atoms with van der Waals surface area (Å²) >= 11 is 6.12. The van der Waals surface area contributed by atoms with Gasteiger partial charge in [-0.3, -0.25) is 9.59 Å². The fourth-order valence-electron chi connectivity index (χ4n) is 2.21. The van der Waals surface area contributed by atoms with Crippen LogP contribution in [0.1, 0.15) is 0 Å². The lowest BCUT2D eigenvalue weighted by Crippen LogP contribution is -2.58. The molecule has 1 aliphatic heterocycles. The molecule has 2 heterocycles. The van der Waals surface area contributed by atoms with Crippen molar-refractivity contribution in [2.24, 2.45) is 7.05 Å². The van der Waals surface area contributed by atoms with Crippen molar-refractivity contribution in [1.29, 1.82) is 0 Å². The number of aryl methyl sites for hydroxylation is 1. The monoisotopic (exact) mass is 299 g/mol. The van der Waals surface area contributed by atoms with Crippen molar-refractivity contribution in [3.8, 4) is 0 Å². The largest absolute Gasteiger partial charge is 0.355 e. The summed E-state index contributed by atoms with van der Waals surface area (Å²) in [6.07, 6.45) is 1.53. The van der Waals surface area contributed by atoms with Crippen LogP contribution in [0.25, 0.3) is 0 Å². The van der Waals surface area contributed by atoms with E-state index in [0.29, 0.717) is 18.8 Å². The Kier molecular flexibility index (Phi) is 4.29. The summed E-state index contributed by atoms with van der Waals surface area (Å²) in [5.74, 6) is -0.0334. The minimum atomic E-state index is -0.384. The Hall–Kier alpha value is -1.60. The number of carbonyl (C=O) groups excluding carboxylic acids is 1. The van der Waals surface area contributed by atoms with E-state index in [1.54, 1.807) is 14.1 Å². The number of piperazine rings is 1. The van der Waals surface area contributed by atoms with Gasteiger partial charge >= 0.3 is 0 Å². The molecule has 1 aromatic rings. The highest BCUT2D eigenvalue weighted by Crippen LogP contribution is 2.24. The lowest BCUT2D eigenvalue weighted by molar-refractivity contribution is -0.130. The zero-order valence-electron chi connectivity index (χ0n) is 11.8. The first-order chi connectivity index (χ1) is 9.43. The maximum atomic E-state index is 12.2. The van der Waals surface area contributed by atoms with E-state index in [1.165, 1.54) is 22.8 Å². The van der Waals surface area contributed by atoms with Gasteiger partial charge in [-0.1, -0.05) is 11.6 Å². The number of carbonyl (C=O) groups is 1. The lowest BCUT2D eigenvalue weighted by Gasteiger charge is -2.38. The van der Waals surface area contributed by atoms with Gasteiger partial charge in [0.25, 0.3) is 5.56 Å². The Bertz CT molecular complexity index is 571. The van der Waals surface area contributed by atoms with Gasteiger partial charge in [0, 0.05) is 40.8 Å². The van der Waals surface area contributed by atoms with Gasteiger partial charge in [0.2, 0.25) is 5.91 Å². The molecule has 7 nitrogen and oxygen atoms in total. The molecule has 2 rings (SSSR count). The average Bonchev–Trinajstić information content (AvgIpc) is 2.44. The molecule has 1 atom stereocenters. The molecule has 1 amide bonds. The molecule has 20 heavy (non-hydrogen) atoms. The van der Waals surface area contributed by atoms with Gasteiger partial charge in [0.05, 0.1) is 11.9 Å².